The molecule has 2 aromatic carbocycles. The third-order valence-corrected chi connectivity index (χ3v) is 5.61. The number of aliphatic hydroxyl groups is 1. The lowest BCUT2D eigenvalue weighted by Gasteiger charge is -2.25. The maximum Gasteiger partial charge on any atom is 0.338 e. The highest BCUT2D eigenvalue weighted by atomic mass is 19.1. The molecule has 1 amide bonds. The molecule has 3 aromatic rings. The van der Waals surface area contributed by atoms with Crippen LogP contribution in [0.4, 0.5) is 10.1 Å². The van der Waals surface area contributed by atoms with Crippen molar-refractivity contribution >= 4 is 29.1 Å². The standard InChI is InChI=1S/C27H23FN2O6/c1-15(2)36-27(34)17-4-7-19(8-5-17)30-23(16-10-12-29-13-11-16)22(25(32)26(30)33)24(31)20-14-18(28)6-9-21(20)35-3/h4-15,23,31H,1-3H3/b24-22+. The molecule has 1 N–H and O–H groups in total. The predicted molar refractivity (Wildman–Crippen MR) is 129 cm³/mol. The van der Waals surface area contributed by atoms with Crippen molar-refractivity contribution in [2.45, 2.75) is 26.0 Å². The summed E-state index contributed by atoms with van der Waals surface area (Å²) in [7, 11) is 1.34. The van der Waals surface area contributed by atoms with Crippen LogP contribution in [0.15, 0.2) is 72.6 Å². The number of aromatic nitrogens is 1. The predicted octanol–water partition coefficient (Wildman–Crippen LogP) is 4.42. The van der Waals surface area contributed by atoms with Crippen LogP contribution in [0.25, 0.3) is 5.76 Å². The fraction of sp³-hybridized carbons (Fsp3) is 0.185. The summed E-state index contributed by atoms with van der Waals surface area (Å²) in [5.74, 6) is -3.48. The minimum absolute atomic E-state index is 0.0682. The fourth-order valence-corrected chi connectivity index (χ4v) is 4.01. The van der Waals surface area contributed by atoms with Crippen LogP contribution in [-0.4, -0.2) is 41.0 Å². The normalized spacial score (nSPS) is 16.9. The molecule has 0 spiro atoms. The third-order valence-electron chi connectivity index (χ3n) is 5.61. The van der Waals surface area contributed by atoms with Crippen molar-refractivity contribution in [3.63, 3.8) is 0 Å². The first-order chi connectivity index (χ1) is 17.2. The van der Waals surface area contributed by atoms with Gasteiger partial charge in [-0.3, -0.25) is 19.5 Å². The Morgan fingerprint density at radius 3 is 2.33 bits per heavy atom. The van der Waals surface area contributed by atoms with E-state index in [4.69, 9.17) is 9.47 Å². The Labute approximate surface area is 206 Å². The zero-order valence-corrected chi connectivity index (χ0v) is 19.8. The van der Waals surface area contributed by atoms with E-state index in [0.29, 0.717) is 11.3 Å². The second-order valence-corrected chi connectivity index (χ2v) is 8.30. The second-order valence-electron chi connectivity index (χ2n) is 8.30. The Kier molecular flexibility index (Phi) is 6.82. The van der Waals surface area contributed by atoms with Gasteiger partial charge in [0.05, 0.1) is 36.0 Å². The number of anilines is 1. The van der Waals surface area contributed by atoms with E-state index in [0.717, 1.165) is 12.1 Å². The summed E-state index contributed by atoms with van der Waals surface area (Å²) in [5, 5.41) is 11.2. The number of benzene rings is 2. The van der Waals surface area contributed by atoms with Crippen LogP contribution in [0.3, 0.4) is 0 Å². The van der Waals surface area contributed by atoms with E-state index in [1.165, 1.54) is 54.7 Å². The third kappa shape index (κ3) is 4.55. The van der Waals surface area contributed by atoms with Gasteiger partial charge >= 0.3 is 5.97 Å². The molecule has 1 aromatic heterocycles. The number of carbonyl (C=O) groups is 3. The van der Waals surface area contributed by atoms with Crippen LogP contribution in [0.2, 0.25) is 0 Å². The number of carbonyl (C=O) groups excluding carboxylic acids is 3. The molecule has 1 atom stereocenters. The lowest BCUT2D eigenvalue weighted by Crippen LogP contribution is -2.29. The van der Waals surface area contributed by atoms with Crippen molar-refractivity contribution in [2.75, 3.05) is 12.0 Å². The second kappa shape index (κ2) is 9.99. The van der Waals surface area contributed by atoms with Gasteiger partial charge in [0.15, 0.2) is 0 Å². The minimum atomic E-state index is -1.05. The number of nitrogens with zero attached hydrogens (tertiary/aromatic N) is 2. The molecule has 1 aliphatic rings. The van der Waals surface area contributed by atoms with E-state index >= 15 is 0 Å². The summed E-state index contributed by atoms with van der Waals surface area (Å²) in [6.45, 7) is 3.46. The molecule has 1 aliphatic heterocycles. The number of hydrogen-bond donors (Lipinski definition) is 1. The van der Waals surface area contributed by atoms with E-state index in [-0.39, 0.29) is 28.6 Å². The molecular weight excluding hydrogens is 467 g/mol. The number of methoxy groups -OCH3 is 1. The highest BCUT2D eigenvalue weighted by Crippen LogP contribution is 2.43. The molecule has 1 fully saturated rings. The SMILES string of the molecule is COc1ccc(F)cc1/C(O)=C1\C(=O)C(=O)N(c2ccc(C(=O)OC(C)C)cc2)C1c1ccncc1. The van der Waals surface area contributed by atoms with Crippen molar-refractivity contribution < 1.29 is 33.4 Å². The molecule has 1 unspecified atom stereocenters. The smallest absolute Gasteiger partial charge is 0.338 e. The number of halogens is 1. The molecule has 0 saturated carbocycles. The van der Waals surface area contributed by atoms with Crippen molar-refractivity contribution in [1.29, 1.82) is 0 Å². The highest BCUT2D eigenvalue weighted by molar-refractivity contribution is 6.51. The van der Waals surface area contributed by atoms with Gasteiger partial charge in [0.25, 0.3) is 11.7 Å². The molecule has 8 nitrogen and oxygen atoms in total. The molecule has 9 heteroatoms. The Bertz CT molecular complexity index is 1350. The van der Waals surface area contributed by atoms with Gasteiger partial charge in [-0.05, 0) is 74.0 Å². The number of amides is 1. The number of esters is 1. The molecule has 184 valence electrons. The van der Waals surface area contributed by atoms with E-state index in [1.54, 1.807) is 26.0 Å². The van der Waals surface area contributed by atoms with Crippen molar-refractivity contribution in [1.82, 2.24) is 4.98 Å². The summed E-state index contributed by atoms with van der Waals surface area (Å²) in [6, 6.07) is 11.7. The largest absolute Gasteiger partial charge is 0.507 e. The Hall–Kier alpha value is -4.53. The van der Waals surface area contributed by atoms with E-state index in [2.05, 4.69) is 4.98 Å². The summed E-state index contributed by atoms with van der Waals surface area (Å²) < 4.78 is 24.5. The number of Topliss-reactive ketones (excluding diaryl/α,β-unsaturated/α-hetero) is 1. The van der Waals surface area contributed by atoms with Gasteiger partial charge in [0.1, 0.15) is 17.3 Å². The zero-order chi connectivity index (χ0) is 26.0. The van der Waals surface area contributed by atoms with Crippen LogP contribution in [0, 0.1) is 5.82 Å². The first-order valence-corrected chi connectivity index (χ1v) is 11.1. The molecule has 0 radical (unpaired) electrons. The van der Waals surface area contributed by atoms with E-state index < -0.39 is 35.3 Å². The molecule has 2 heterocycles. The highest BCUT2D eigenvalue weighted by Gasteiger charge is 2.47. The lowest BCUT2D eigenvalue weighted by atomic mass is 9.95. The van der Waals surface area contributed by atoms with Gasteiger partial charge < -0.3 is 14.6 Å². The van der Waals surface area contributed by atoms with E-state index in [9.17, 15) is 23.9 Å². The fourth-order valence-electron chi connectivity index (χ4n) is 4.01. The van der Waals surface area contributed by atoms with Gasteiger partial charge in [-0.15, -0.1) is 0 Å². The maximum atomic E-state index is 14.1. The molecule has 4 rings (SSSR count). The summed E-state index contributed by atoms with van der Waals surface area (Å²) in [5.41, 5.74) is 0.767. The van der Waals surface area contributed by atoms with Crippen molar-refractivity contribution in [2.24, 2.45) is 0 Å². The van der Waals surface area contributed by atoms with Gasteiger partial charge in [0, 0.05) is 18.1 Å². The first kappa shape index (κ1) is 24.6. The van der Waals surface area contributed by atoms with Crippen LogP contribution >= 0.6 is 0 Å². The average Bonchev–Trinajstić information content (AvgIpc) is 3.14. The van der Waals surface area contributed by atoms with Crippen LogP contribution < -0.4 is 9.64 Å². The number of aliphatic hydroxyl groups excluding tert-OH is 1. The lowest BCUT2D eigenvalue weighted by molar-refractivity contribution is -0.132. The Morgan fingerprint density at radius 1 is 1.06 bits per heavy atom. The van der Waals surface area contributed by atoms with Crippen LogP contribution in [-0.2, 0) is 14.3 Å². The van der Waals surface area contributed by atoms with Crippen LogP contribution in [0.5, 0.6) is 5.75 Å². The molecule has 0 aliphatic carbocycles. The molecular formula is C27H23FN2O6. The topological polar surface area (TPSA) is 106 Å². The number of hydrogen-bond acceptors (Lipinski definition) is 7. The number of ether oxygens (including phenoxy) is 2. The Morgan fingerprint density at radius 2 is 1.72 bits per heavy atom. The van der Waals surface area contributed by atoms with Gasteiger partial charge in [-0.25, -0.2) is 9.18 Å². The number of pyridine rings is 1. The molecule has 36 heavy (non-hydrogen) atoms. The van der Waals surface area contributed by atoms with Crippen LogP contribution in [0.1, 0.15) is 41.4 Å². The zero-order valence-electron chi connectivity index (χ0n) is 19.8. The average molecular weight is 490 g/mol. The Balaban J connectivity index is 1.86. The summed E-state index contributed by atoms with van der Waals surface area (Å²) in [4.78, 5) is 43.9. The van der Waals surface area contributed by atoms with Gasteiger partial charge in [-0.1, -0.05) is 0 Å². The number of rotatable bonds is 6. The monoisotopic (exact) mass is 490 g/mol. The number of ketones is 1. The van der Waals surface area contributed by atoms with Gasteiger partial charge in [0.2, 0.25) is 0 Å². The summed E-state index contributed by atoms with van der Waals surface area (Å²) >= 11 is 0. The summed E-state index contributed by atoms with van der Waals surface area (Å²) in [6.07, 6.45) is 2.67. The van der Waals surface area contributed by atoms with Crippen molar-refractivity contribution in [3.8, 4) is 5.75 Å². The molecule has 1 saturated heterocycles. The minimum Gasteiger partial charge on any atom is -0.507 e. The quantitative estimate of drug-likeness (QED) is 0.236. The molecule has 0 bridgehead atoms. The maximum absolute atomic E-state index is 14.1. The van der Waals surface area contributed by atoms with Crippen molar-refractivity contribution in [3.05, 3.63) is 95.1 Å². The van der Waals surface area contributed by atoms with E-state index in [1.807, 2.05) is 0 Å². The van der Waals surface area contributed by atoms with Gasteiger partial charge in [-0.2, -0.15) is 0 Å². The first-order valence-electron chi connectivity index (χ1n) is 11.1.